The molecule has 1 aromatic rings. The molecule has 1 unspecified atom stereocenters. The van der Waals surface area contributed by atoms with Crippen LogP contribution in [0.1, 0.15) is 51.4 Å². The van der Waals surface area contributed by atoms with Gasteiger partial charge in [-0.3, -0.25) is 4.79 Å². The molecule has 0 heterocycles. The SMILES string of the molecule is CCC(C)(NC(=O)c1ccc(OC)c(S(=O)(=O)NC(C)(C)C)c1)C(=O)OC. The number of hydrogen-bond donors (Lipinski definition) is 2. The second-order valence-corrected chi connectivity index (χ2v) is 9.00. The summed E-state index contributed by atoms with van der Waals surface area (Å²) in [5.41, 5.74) is -1.86. The molecular weight excluding hydrogens is 372 g/mol. The molecule has 0 aliphatic carbocycles. The van der Waals surface area contributed by atoms with Crippen molar-refractivity contribution in [2.24, 2.45) is 0 Å². The number of carbonyl (C=O) groups is 2. The van der Waals surface area contributed by atoms with Gasteiger partial charge in [0.15, 0.2) is 0 Å². The zero-order valence-corrected chi connectivity index (χ0v) is 17.6. The number of hydrogen-bond acceptors (Lipinski definition) is 6. The predicted molar refractivity (Wildman–Crippen MR) is 101 cm³/mol. The summed E-state index contributed by atoms with van der Waals surface area (Å²) >= 11 is 0. The first kappa shape index (κ1) is 22.9. The molecule has 1 atom stereocenters. The second kappa shape index (κ2) is 8.26. The lowest BCUT2D eigenvalue weighted by molar-refractivity contribution is -0.147. The van der Waals surface area contributed by atoms with Crippen molar-refractivity contribution < 1.29 is 27.5 Å². The predicted octanol–water partition coefficient (Wildman–Crippen LogP) is 1.84. The van der Waals surface area contributed by atoms with E-state index in [0.717, 1.165) is 0 Å². The largest absolute Gasteiger partial charge is 0.495 e. The fourth-order valence-electron chi connectivity index (χ4n) is 2.32. The molecule has 1 amide bonds. The van der Waals surface area contributed by atoms with Crippen LogP contribution in [-0.2, 0) is 19.6 Å². The Morgan fingerprint density at radius 2 is 1.70 bits per heavy atom. The molecule has 0 spiro atoms. The normalized spacial score (nSPS) is 14.2. The highest BCUT2D eigenvalue weighted by Crippen LogP contribution is 2.26. The Morgan fingerprint density at radius 1 is 1.11 bits per heavy atom. The van der Waals surface area contributed by atoms with E-state index in [2.05, 4.69) is 10.0 Å². The lowest BCUT2D eigenvalue weighted by atomic mass is 9.98. The van der Waals surface area contributed by atoms with E-state index in [4.69, 9.17) is 9.47 Å². The summed E-state index contributed by atoms with van der Waals surface area (Å²) in [6, 6.07) is 4.04. The van der Waals surface area contributed by atoms with Gasteiger partial charge in [0.25, 0.3) is 5.91 Å². The Bertz CT molecular complexity index is 814. The number of methoxy groups -OCH3 is 2. The molecule has 1 aromatic carbocycles. The third-order valence-corrected chi connectivity index (χ3v) is 5.67. The molecule has 152 valence electrons. The van der Waals surface area contributed by atoms with Crippen LogP contribution in [0, 0.1) is 0 Å². The molecule has 0 saturated carbocycles. The molecule has 0 aliphatic rings. The van der Waals surface area contributed by atoms with E-state index in [1.807, 2.05) is 0 Å². The topological polar surface area (TPSA) is 111 Å². The molecule has 0 bridgehead atoms. The Morgan fingerprint density at radius 3 is 2.15 bits per heavy atom. The molecule has 1 rings (SSSR count). The smallest absolute Gasteiger partial charge is 0.331 e. The van der Waals surface area contributed by atoms with Crippen LogP contribution in [0.5, 0.6) is 5.75 Å². The molecule has 0 radical (unpaired) electrons. The molecule has 8 nitrogen and oxygen atoms in total. The molecule has 27 heavy (non-hydrogen) atoms. The van der Waals surface area contributed by atoms with E-state index < -0.39 is 33.0 Å². The summed E-state index contributed by atoms with van der Waals surface area (Å²) in [6.07, 6.45) is 0.304. The van der Waals surface area contributed by atoms with Crippen LogP contribution in [0.15, 0.2) is 23.1 Å². The van der Waals surface area contributed by atoms with Crippen molar-refractivity contribution in [1.29, 1.82) is 0 Å². The van der Waals surface area contributed by atoms with Gasteiger partial charge in [-0.05, 0) is 52.3 Å². The summed E-state index contributed by atoms with van der Waals surface area (Å²) in [7, 11) is -1.36. The first-order chi connectivity index (χ1) is 12.3. The summed E-state index contributed by atoms with van der Waals surface area (Å²) in [6.45, 7) is 8.39. The molecule has 2 N–H and O–H groups in total. The Balaban J connectivity index is 3.33. The van der Waals surface area contributed by atoms with Gasteiger partial charge in [0.2, 0.25) is 10.0 Å². The second-order valence-electron chi connectivity index (χ2n) is 7.35. The average molecular weight is 400 g/mol. The van der Waals surface area contributed by atoms with Gasteiger partial charge in [0.1, 0.15) is 16.2 Å². The van der Waals surface area contributed by atoms with E-state index in [9.17, 15) is 18.0 Å². The van der Waals surface area contributed by atoms with E-state index in [1.165, 1.54) is 32.4 Å². The molecule has 0 aromatic heterocycles. The van der Waals surface area contributed by atoms with Gasteiger partial charge >= 0.3 is 5.97 Å². The van der Waals surface area contributed by atoms with Crippen molar-refractivity contribution >= 4 is 21.9 Å². The number of sulfonamides is 1. The fourth-order valence-corrected chi connectivity index (χ4v) is 3.93. The van der Waals surface area contributed by atoms with Crippen LogP contribution < -0.4 is 14.8 Å². The minimum atomic E-state index is -3.93. The molecule has 9 heteroatoms. The van der Waals surface area contributed by atoms with E-state index >= 15 is 0 Å². The van der Waals surface area contributed by atoms with Crippen molar-refractivity contribution in [1.82, 2.24) is 10.0 Å². The molecule has 0 fully saturated rings. The number of amides is 1. The lowest BCUT2D eigenvalue weighted by Gasteiger charge is -2.26. The summed E-state index contributed by atoms with van der Waals surface area (Å²) < 4.78 is 37.8. The first-order valence-corrected chi connectivity index (χ1v) is 9.91. The average Bonchev–Trinajstić information content (AvgIpc) is 2.58. The van der Waals surface area contributed by atoms with Gasteiger partial charge < -0.3 is 14.8 Å². The highest BCUT2D eigenvalue weighted by Gasteiger charge is 2.35. The summed E-state index contributed by atoms with van der Waals surface area (Å²) in [5.74, 6) is -1.08. The monoisotopic (exact) mass is 400 g/mol. The van der Waals surface area contributed by atoms with E-state index in [1.54, 1.807) is 34.6 Å². The van der Waals surface area contributed by atoms with Crippen molar-refractivity contribution in [2.45, 2.75) is 57.0 Å². The van der Waals surface area contributed by atoms with Crippen LogP contribution in [-0.4, -0.2) is 45.6 Å². The number of benzene rings is 1. The quantitative estimate of drug-likeness (QED) is 0.676. The Hall–Kier alpha value is -2.13. The van der Waals surface area contributed by atoms with Crippen molar-refractivity contribution in [2.75, 3.05) is 14.2 Å². The third-order valence-electron chi connectivity index (χ3n) is 3.89. The standard InChI is InChI=1S/C18H28N2O6S/c1-8-18(5,16(22)26-7)19-15(21)12-9-10-13(25-6)14(11-12)27(23,24)20-17(2,3)4/h9-11,20H,8H2,1-7H3,(H,19,21). The van der Waals surface area contributed by atoms with E-state index in [0.29, 0.717) is 6.42 Å². The number of rotatable bonds is 7. The maximum Gasteiger partial charge on any atom is 0.331 e. The van der Waals surface area contributed by atoms with Gasteiger partial charge in [-0.25, -0.2) is 17.9 Å². The number of ether oxygens (including phenoxy) is 2. The highest BCUT2D eigenvalue weighted by molar-refractivity contribution is 7.89. The lowest BCUT2D eigenvalue weighted by Crippen LogP contribution is -2.52. The Labute approximate surface area is 160 Å². The zero-order chi connectivity index (χ0) is 21.0. The summed E-state index contributed by atoms with van der Waals surface area (Å²) in [5, 5.41) is 2.60. The van der Waals surface area contributed by atoms with Crippen LogP contribution in [0.4, 0.5) is 0 Å². The van der Waals surface area contributed by atoms with Crippen molar-refractivity contribution in [3.8, 4) is 5.75 Å². The molecular formula is C18H28N2O6S. The third kappa shape index (κ3) is 5.67. The van der Waals surface area contributed by atoms with Gasteiger partial charge in [0.05, 0.1) is 14.2 Å². The van der Waals surface area contributed by atoms with Crippen LogP contribution in [0.2, 0.25) is 0 Å². The minimum absolute atomic E-state index is 0.0775. The fraction of sp³-hybridized carbons (Fsp3) is 0.556. The van der Waals surface area contributed by atoms with Crippen LogP contribution in [0.25, 0.3) is 0 Å². The zero-order valence-electron chi connectivity index (χ0n) is 16.8. The van der Waals surface area contributed by atoms with Crippen molar-refractivity contribution in [3.63, 3.8) is 0 Å². The van der Waals surface area contributed by atoms with E-state index in [-0.39, 0.29) is 16.2 Å². The van der Waals surface area contributed by atoms with Crippen LogP contribution in [0.3, 0.4) is 0 Å². The maximum atomic E-state index is 12.7. The minimum Gasteiger partial charge on any atom is -0.495 e. The highest BCUT2D eigenvalue weighted by atomic mass is 32.2. The number of nitrogens with one attached hydrogen (secondary N) is 2. The van der Waals surface area contributed by atoms with Crippen molar-refractivity contribution in [3.05, 3.63) is 23.8 Å². The van der Waals surface area contributed by atoms with Gasteiger partial charge in [-0.1, -0.05) is 6.92 Å². The van der Waals surface area contributed by atoms with Gasteiger partial charge in [0, 0.05) is 11.1 Å². The first-order valence-electron chi connectivity index (χ1n) is 8.42. The molecule has 0 saturated heterocycles. The molecule has 0 aliphatic heterocycles. The van der Waals surface area contributed by atoms with Crippen LogP contribution >= 0.6 is 0 Å². The maximum absolute atomic E-state index is 12.7. The van der Waals surface area contributed by atoms with Gasteiger partial charge in [-0.2, -0.15) is 0 Å². The number of esters is 1. The Kier molecular flexibility index (Phi) is 7.01. The number of carbonyl (C=O) groups excluding carboxylic acids is 2. The van der Waals surface area contributed by atoms with Gasteiger partial charge in [-0.15, -0.1) is 0 Å². The summed E-state index contributed by atoms with van der Waals surface area (Å²) in [4.78, 5) is 24.4.